The SMILES string of the molecule is O=C(O)CC1(c2cc(O)ccc2Cl)CC1. The highest BCUT2D eigenvalue weighted by atomic mass is 35.5. The number of aromatic hydroxyl groups is 1. The van der Waals surface area contributed by atoms with Crippen molar-refractivity contribution >= 4 is 17.6 Å². The van der Waals surface area contributed by atoms with E-state index < -0.39 is 5.97 Å². The molecular formula is C11H11ClO3. The summed E-state index contributed by atoms with van der Waals surface area (Å²) >= 11 is 6.00. The van der Waals surface area contributed by atoms with E-state index in [9.17, 15) is 9.90 Å². The van der Waals surface area contributed by atoms with Gasteiger partial charge in [-0.1, -0.05) is 11.6 Å². The number of hydrogen-bond donors (Lipinski definition) is 2. The van der Waals surface area contributed by atoms with Crippen LogP contribution in [-0.2, 0) is 10.2 Å². The van der Waals surface area contributed by atoms with E-state index in [2.05, 4.69) is 0 Å². The zero-order chi connectivity index (χ0) is 11.1. The highest BCUT2D eigenvalue weighted by Crippen LogP contribution is 2.53. The third-order valence-electron chi connectivity index (χ3n) is 2.86. The minimum Gasteiger partial charge on any atom is -0.508 e. The quantitative estimate of drug-likeness (QED) is 0.833. The molecule has 0 radical (unpaired) electrons. The van der Waals surface area contributed by atoms with Crippen molar-refractivity contribution in [3.63, 3.8) is 0 Å². The molecule has 1 fully saturated rings. The molecule has 0 aromatic heterocycles. The van der Waals surface area contributed by atoms with Gasteiger partial charge >= 0.3 is 5.97 Å². The normalized spacial score (nSPS) is 17.4. The summed E-state index contributed by atoms with van der Waals surface area (Å²) < 4.78 is 0. The van der Waals surface area contributed by atoms with Gasteiger partial charge in [-0.3, -0.25) is 4.79 Å². The molecular weight excluding hydrogens is 216 g/mol. The van der Waals surface area contributed by atoms with Crippen LogP contribution in [0.1, 0.15) is 24.8 Å². The number of aliphatic carboxylic acids is 1. The molecule has 2 rings (SSSR count). The van der Waals surface area contributed by atoms with E-state index in [0.29, 0.717) is 5.02 Å². The van der Waals surface area contributed by atoms with Crippen LogP contribution < -0.4 is 0 Å². The number of carboxylic acids is 1. The van der Waals surface area contributed by atoms with Crippen LogP contribution in [0.15, 0.2) is 18.2 Å². The molecule has 0 spiro atoms. The Morgan fingerprint density at radius 2 is 2.13 bits per heavy atom. The van der Waals surface area contributed by atoms with Gasteiger partial charge < -0.3 is 10.2 Å². The molecule has 1 aliphatic rings. The summed E-state index contributed by atoms with van der Waals surface area (Å²) in [5.41, 5.74) is 0.411. The molecule has 0 saturated heterocycles. The monoisotopic (exact) mass is 226 g/mol. The Morgan fingerprint density at radius 1 is 1.47 bits per heavy atom. The van der Waals surface area contributed by atoms with E-state index in [1.165, 1.54) is 6.07 Å². The number of hydrogen-bond acceptors (Lipinski definition) is 2. The maximum Gasteiger partial charge on any atom is 0.304 e. The second-order valence-corrected chi connectivity index (χ2v) is 4.42. The fourth-order valence-electron chi connectivity index (χ4n) is 1.90. The topological polar surface area (TPSA) is 57.5 Å². The number of halogens is 1. The van der Waals surface area contributed by atoms with Gasteiger partial charge in [-0.25, -0.2) is 0 Å². The van der Waals surface area contributed by atoms with Crippen LogP contribution in [0.4, 0.5) is 0 Å². The zero-order valence-corrected chi connectivity index (χ0v) is 8.79. The lowest BCUT2D eigenvalue weighted by Crippen LogP contribution is -2.13. The van der Waals surface area contributed by atoms with Crippen molar-refractivity contribution < 1.29 is 15.0 Å². The average Bonchev–Trinajstić information content (AvgIpc) is 2.89. The van der Waals surface area contributed by atoms with Crippen molar-refractivity contribution in [3.05, 3.63) is 28.8 Å². The molecule has 1 aromatic rings. The Hall–Kier alpha value is -1.22. The highest BCUT2D eigenvalue weighted by molar-refractivity contribution is 6.31. The summed E-state index contributed by atoms with van der Waals surface area (Å²) in [4.78, 5) is 10.7. The minimum absolute atomic E-state index is 0.0795. The molecule has 0 bridgehead atoms. The van der Waals surface area contributed by atoms with Gasteiger partial charge in [-0.2, -0.15) is 0 Å². The molecule has 80 valence electrons. The van der Waals surface area contributed by atoms with E-state index in [4.69, 9.17) is 16.7 Å². The van der Waals surface area contributed by atoms with Gasteiger partial charge in [0, 0.05) is 10.4 Å². The summed E-state index contributed by atoms with van der Waals surface area (Å²) in [6.07, 6.45) is 1.72. The van der Waals surface area contributed by atoms with Crippen LogP contribution in [0.3, 0.4) is 0 Å². The minimum atomic E-state index is -0.827. The first-order valence-electron chi connectivity index (χ1n) is 4.74. The van der Waals surface area contributed by atoms with Gasteiger partial charge in [0.25, 0.3) is 0 Å². The summed E-state index contributed by atoms with van der Waals surface area (Å²) in [7, 11) is 0. The van der Waals surface area contributed by atoms with Gasteiger partial charge in [0.05, 0.1) is 6.42 Å². The van der Waals surface area contributed by atoms with Crippen molar-refractivity contribution in [2.75, 3.05) is 0 Å². The van der Waals surface area contributed by atoms with Crippen LogP contribution >= 0.6 is 11.6 Å². The molecule has 2 N–H and O–H groups in total. The average molecular weight is 227 g/mol. The number of carbonyl (C=O) groups is 1. The van der Waals surface area contributed by atoms with Crippen LogP contribution in [-0.4, -0.2) is 16.2 Å². The lowest BCUT2D eigenvalue weighted by molar-refractivity contribution is -0.137. The first kappa shape index (κ1) is 10.3. The van der Waals surface area contributed by atoms with Crippen LogP contribution in [0.5, 0.6) is 5.75 Å². The van der Waals surface area contributed by atoms with Crippen molar-refractivity contribution in [1.82, 2.24) is 0 Å². The summed E-state index contributed by atoms with van der Waals surface area (Å²) in [5, 5.41) is 18.7. The fourth-order valence-corrected chi connectivity index (χ4v) is 2.22. The molecule has 1 saturated carbocycles. The van der Waals surface area contributed by atoms with Crippen LogP contribution in [0, 0.1) is 0 Å². The third kappa shape index (κ3) is 1.92. The number of carboxylic acid groups (broad SMARTS) is 1. The van der Waals surface area contributed by atoms with Gasteiger partial charge in [-0.05, 0) is 36.6 Å². The summed E-state index contributed by atoms with van der Waals surface area (Å²) in [6.45, 7) is 0. The third-order valence-corrected chi connectivity index (χ3v) is 3.19. The molecule has 3 nitrogen and oxygen atoms in total. The molecule has 0 aliphatic heterocycles. The lowest BCUT2D eigenvalue weighted by atomic mass is 9.92. The Balaban J connectivity index is 2.36. The predicted molar refractivity (Wildman–Crippen MR) is 56.3 cm³/mol. The van der Waals surface area contributed by atoms with Crippen molar-refractivity contribution in [3.8, 4) is 5.75 Å². The predicted octanol–water partition coefficient (Wildman–Crippen LogP) is 2.55. The van der Waals surface area contributed by atoms with E-state index in [1.807, 2.05) is 0 Å². The Bertz CT molecular complexity index is 410. The standard InChI is InChI=1S/C11H11ClO3/c12-9-2-1-7(13)5-8(9)11(3-4-11)6-10(14)15/h1-2,5,13H,3-4,6H2,(H,14,15). The van der Waals surface area contributed by atoms with Crippen molar-refractivity contribution in [2.24, 2.45) is 0 Å². The Morgan fingerprint density at radius 3 is 2.67 bits per heavy atom. The molecule has 4 heteroatoms. The summed E-state index contributed by atoms with van der Waals surface area (Å²) in [6, 6.07) is 4.68. The second kappa shape index (κ2) is 3.42. The molecule has 1 aliphatic carbocycles. The number of phenolic OH excluding ortho intramolecular Hbond substituents is 1. The second-order valence-electron chi connectivity index (χ2n) is 4.01. The van der Waals surface area contributed by atoms with Crippen LogP contribution in [0.25, 0.3) is 0 Å². The maximum atomic E-state index is 10.7. The molecule has 0 atom stereocenters. The molecule has 15 heavy (non-hydrogen) atoms. The zero-order valence-electron chi connectivity index (χ0n) is 8.03. The number of benzene rings is 1. The smallest absolute Gasteiger partial charge is 0.304 e. The maximum absolute atomic E-state index is 10.7. The van der Waals surface area contributed by atoms with Crippen LogP contribution in [0.2, 0.25) is 5.02 Å². The van der Waals surface area contributed by atoms with E-state index in [-0.39, 0.29) is 17.6 Å². The summed E-state index contributed by atoms with van der Waals surface area (Å²) in [5.74, 6) is -0.696. The largest absolute Gasteiger partial charge is 0.508 e. The first-order valence-corrected chi connectivity index (χ1v) is 5.12. The number of rotatable bonds is 3. The first-order chi connectivity index (χ1) is 7.03. The molecule has 0 amide bonds. The Labute approximate surface area is 92.3 Å². The van der Waals surface area contributed by atoms with Gasteiger partial charge in [0.15, 0.2) is 0 Å². The highest BCUT2D eigenvalue weighted by Gasteiger charge is 2.47. The van der Waals surface area contributed by atoms with E-state index >= 15 is 0 Å². The fraction of sp³-hybridized carbons (Fsp3) is 0.364. The van der Waals surface area contributed by atoms with Crippen molar-refractivity contribution in [1.29, 1.82) is 0 Å². The van der Waals surface area contributed by atoms with Crippen molar-refractivity contribution in [2.45, 2.75) is 24.7 Å². The van der Waals surface area contributed by atoms with Gasteiger partial charge in [0.2, 0.25) is 0 Å². The van der Waals surface area contributed by atoms with Gasteiger partial charge in [-0.15, -0.1) is 0 Å². The van der Waals surface area contributed by atoms with E-state index in [0.717, 1.165) is 18.4 Å². The van der Waals surface area contributed by atoms with E-state index in [1.54, 1.807) is 12.1 Å². The van der Waals surface area contributed by atoms with Gasteiger partial charge in [0.1, 0.15) is 5.75 Å². The molecule has 0 heterocycles. The molecule has 0 unspecified atom stereocenters. The molecule has 1 aromatic carbocycles. The number of phenols is 1. The Kier molecular flexibility index (Phi) is 2.35. The lowest BCUT2D eigenvalue weighted by Gasteiger charge is -2.14.